The van der Waals surface area contributed by atoms with E-state index in [2.05, 4.69) is 9.36 Å². The molecule has 1 aliphatic carbocycles. The van der Waals surface area contributed by atoms with Gasteiger partial charge in [-0.3, -0.25) is 0 Å². The van der Waals surface area contributed by atoms with Gasteiger partial charge in [0.1, 0.15) is 11.9 Å². The predicted molar refractivity (Wildman–Crippen MR) is 57.4 cm³/mol. The molecule has 0 bridgehead atoms. The zero-order valence-electron chi connectivity index (χ0n) is 8.67. The maximum atomic E-state index is 10.8. The molecule has 0 aliphatic heterocycles. The lowest BCUT2D eigenvalue weighted by atomic mass is 10.3. The minimum absolute atomic E-state index is 0.517. The monoisotopic (exact) mass is 227 g/mol. The van der Waals surface area contributed by atoms with Gasteiger partial charge in [0.25, 0.3) is 0 Å². The summed E-state index contributed by atoms with van der Waals surface area (Å²) in [6.07, 6.45) is 2.32. The normalized spacial score (nSPS) is 17.5. The van der Waals surface area contributed by atoms with E-state index in [1.165, 1.54) is 11.5 Å². The lowest BCUT2D eigenvalue weighted by Crippen LogP contribution is -2.35. The van der Waals surface area contributed by atoms with Crippen LogP contribution in [0.5, 0.6) is 0 Å². The van der Waals surface area contributed by atoms with Crippen molar-refractivity contribution in [1.29, 1.82) is 0 Å². The van der Waals surface area contributed by atoms with Crippen molar-refractivity contribution >= 4 is 22.6 Å². The van der Waals surface area contributed by atoms with E-state index in [0.29, 0.717) is 11.0 Å². The van der Waals surface area contributed by atoms with Crippen LogP contribution in [0.25, 0.3) is 0 Å². The summed E-state index contributed by atoms with van der Waals surface area (Å²) >= 11 is 1.27. The Bertz CT molecular complexity index is 375. The van der Waals surface area contributed by atoms with Gasteiger partial charge in [-0.2, -0.15) is 4.37 Å². The summed E-state index contributed by atoms with van der Waals surface area (Å²) in [7, 11) is 1.73. The minimum atomic E-state index is -0.847. The average Bonchev–Trinajstić information content (AvgIpc) is 2.94. The lowest BCUT2D eigenvalue weighted by Gasteiger charge is -2.19. The summed E-state index contributed by atoms with van der Waals surface area (Å²) in [5.74, 6) is 0.545. The number of anilines is 1. The van der Waals surface area contributed by atoms with Crippen LogP contribution in [0.15, 0.2) is 0 Å². The van der Waals surface area contributed by atoms with Crippen molar-refractivity contribution in [3.05, 3.63) is 5.82 Å². The standard InChI is InChI=1S/C9H13N3O2S/c1-5(8(13)14)12(2)9-10-7(11-15-9)6-3-4-6/h5-6H,3-4H2,1-2H3,(H,13,14). The Morgan fingerprint density at radius 1 is 1.67 bits per heavy atom. The van der Waals surface area contributed by atoms with E-state index in [4.69, 9.17) is 5.11 Å². The Morgan fingerprint density at radius 3 is 2.87 bits per heavy atom. The Balaban J connectivity index is 2.10. The summed E-state index contributed by atoms with van der Waals surface area (Å²) in [5, 5.41) is 9.54. The van der Waals surface area contributed by atoms with Gasteiger partial charge in [0.2, 0.25) is 5.13 Å². The van der Waals surface area contributed by atoms with Gasteiger partial charge >= 0.3 is 5.97 Å². The fourth-order valence-corrected chi connectivity index (χ4v) is 1.99. The molecule has 0 amide bonds. The number of aliphatic carboxylic acids is 1. The molecule has 0 saturated heterocycles. The second kappa shape index (κ2) is 3.77. The molecular formula is C9H13N3O2S. The van der Waals surface area contributed by atoms with Gasteiger partial charge in [-0.05, 0) is 19.8 Å². The third-order valence-electron chi connectivity index (χ3n) is 2.61. The van der Waals surface area contributed by atoms with Crippen LogP contribution in [-0.2, 0) is 4.79 Å². The van der Waals surface area contributed by atoms with Crippen LogP contribution in [0.1, 0.15) is 31.5 Å². The zero-order chi connectivity index (χ0) is 11.0. The molecule has 1 aromatic heterocycles. The van der Waals surface area contributed by atoms with E-state index in [9.17, 15) is 4.79 Å². The number of carboxylic acids is 1. The first-order valence-electron chi connectivity index (χ1n) is 4.89. The molecule has 5 nitrogen and oxygen atoms in total. The van der Waals surface area contributed by atoms with Crippen molar-refractivity contribution in [2.75, 3.05) is 11.9 Å². The first kappa shape index (κ1) is 10.4. The predicted octanol–water partition coefficient (Wildman–Crippen LogP) is 1.32. The molecule has 0 radical (unpaired) electrons. The van der Waals surface area contributed by atoms with Gasteiger partial charge in [0.05, 0.1) is 0 Å². The highest BCUT2D eigenvalue weighted by molar-refractivity contribution is 7.09. The van der Waals surface area contributed by atoms with Gasteiger partial charge in [0, 0.05) is 24.5 Å². The first-order chi connectivity index (χ1) is 7.09. The van der Waals surface area contributed by atoms with Crippen molar-refractivity contribution in [3.8, 4) is 0 Å². The van der Waals surface area contributed by atoms with Crippen LogP contribution < -0.4 is 4.90 Å². The molecule has 0 aromatic carbocycles. The second-order valence-electron chi connectivity index (χ2n) is 3.83. The zero-order valence-corrected chi connectivity index (χ0v) is 9.49. The van der Waals surface area contributed by atoms with Crippen LogP contribution in [0, 0.1) is 0 Å². The van der Waals surface area contributed by atoms with Crippen molar-refractivity contribution < 1.29 is 9.90 Å². The van der Waals surface area contributed by atoms with E-state index >= 15 is 0 Å². The summed E-state index contributed by atoms with van der Waals surface area (Å²) in [5.41, 5.74) is 0. The summed E-state index contributed by atoms with van der Waals surface area (Å²) < 4.78 is 4.24. The fraction of sp³-hybridized carbons (Fsp3) is 0.667. The highest BCUT2D eigenvalue weighted by Gasteiger charge is 2.29. The van der Waals surface area contributed by atoms with Crippen molar-refractivity contribution in [1.82, 2.24) is 9.36 Å². The van der Waals surface area contributed by atoms with Gasteiger partial charge in [-0.25, -0.2) is 9.78 Å². The molecule has 1 aliphatic rings. The topological polar surface area (TPSA) is 66.3 Å². The molecule has 1 aromatic rings. The lowest BCUT2D eigenvalue weighted by molar-refractivity contribution is -0.138. The van der Waals surface area contributed by atoms with Crippen LogP contribution >= 0.6 is 11.5 Å². The first-order valence-corrected chi connectivity index (χ1v) is 5.66. The van der Waals surface area contributed by atoms with Crippen LogP contribution in [0.3, 0.4) is 0 Å². The summed E-state index contributed by atoms with van der Waals surface area (Å²) in [4.78, 5) is 16.8. The Morgan fingerprint density at radius 2 is 2.33 bits per heavy atom. The second-order valence-corrected chi connectivity index (χ2v) is 4.56. The molecule has 1 saturated carbocycles. The Kier molecular flexibility index (Phi) is 2.60. The third-order valence-corrected chi connectivity index (χ3v) is 3.43. The molecule has 6 heteroatoms. The van der Waals surface area contributed by atoms with Gasteiger partial charge in [-0.1, -0.05) is 0 Å². The number of carboxylic acid groups (broad SMARTS) is 1. The van der Waals surface area contributed by atoms with E-state index in [0.717, 1.165) is 18.7 Å². The number of hydrogen-bond acceptors (Lipinski definition) is 5. The number of likely N-dealkylation sites (N-methyl/N-ethyl adjacent to an activating group) is 1. The molecule has 1 fully saturated rings. The Hall–Kier alpha value is -1.17. The van der Waals surface area contributed by atoms with E-state index < -0.39 is 12.0 Å². The molecule has 82 valence electrons. The molecule has 1 unspecified atom stereocenters. The smallest absolute Gasteiger partial charge is 0.326 e. The number of carbonyl (C=O) groups is 1. The molecule has 0 spiro atoms. The molecule has 1 atom stereocenters. The van der Waals surface area contributed by atoms with Gasteiger partial charge in [-0.15, -0.1) is 0 Å². The molecular weight excluding hydrogens is 214 g/mol. The van der Waals surface area contributed by atoms with Crippen molar-refractivity contribution in [2.45, 2.75) is 31.7 Å². The van der Waals surface area contributed by atoms with E-state index in [1.807, 2.05) is 0 Å². The highest BCUT2D eigenvalue weighted by atomic mass is 32.1. The van der Waals surface area contributed by atoms with Crippen molar-refractivity contribution in [2.24, 2.45) is 0 Å². The largest absolute Gasteiger partial charge is 0.480 e. The fourth-order valence-electron chi connectivity index (χ4n) is 1.21. The summed E-state index contributed by atoms with van der Waals surface area (Å²) in [6, 6.07) is -0.565. The summed E-state index contributed by atoms with van der Waals surface area (Å²) in [6.45, 7) is 1.64. The molecule has 1 heterocycles. The van der Waals surface area contributed by atoms with Crippen LogP contribution in [0.2, 0.25) is 0 Å². The van der Waals surface area contributed by atoms with Gasteiger partial charge < -0.3 is 10.0 Å². The maximum Gasteiger partial charge on any atom is 0.326 e. The quantitative estimate of drug-likeness (QED) is 0.840. The average molecular weight is 227 g/mol. The molecule has 2 rings (SSSR count). The van der Waals surface area contributed by atoms with E-state index in [1.54, 1.807) is 18.9 Å². The number of rotatable bonds is 4. The highest BCUT2D eigenvalue weighted by Crippen LogP contribution is 2.39. The number of aromatic nitrogens is 2. The van der Waals surface area contributed by atoms with Crippen molar-refractivity contribution in [3.63, 3.8) is 0 Å². The van der Waals surface area contributed by atoms with Crippen LogP contribution in [0.4, 0.5) is 5.13 Å². The number of hydrogen-bond donors (Lipinski definition) is 1. The Labute approximate surface area is 91.9 Å². The molecule has 15 heavy (non-hydrogen) atoms. The van der Waals surface area contributed by atoms with E-state index in [-0.39, 0.29) is 0 Å². The van der Waals surface area contributed by atoms with Gasteiger partial charge in [0.15, 0.2) is 0 Å². The van der Waals surface area contributed by atoms with Crippen LogP contribution in [-0.4, -0.2) is 33.5 Å². The number of nitrogens with zero attached hydrogens (tertiary/aromatic N) is 3. The molecule has 1 N–H and O–H groups in total. The minimum Gasteiger partial charge on any atom is -0.480 e. The SMILES string of the molecule is CC(C(=O)O)N(C)c1nc(C2CC2)ns1. The maximum absolute atomic E-state index is 10.8. The third kappa shape index (κ3) is 2.09.